The van der Waals surface area contributed by atoms with Gasteiger partial charge >= 0.3 is 12.1 Å². The minimum atomic E-state index is -4.66. The van der Waals surface area contributed by atoms with Gasteiger partial charge in [0.25, 0.3) is 0 Å². The van der Waals surface area contributed by atoms with Crippen LogP contribution in [0.5, 0.6) is 11.5 Å². The van der Waals surface area contributed by atoms with E-state index in [4.69, 9.17) is 9.47 Å². The van der Waals surface area contributed by atoms with E-state index < -0.39 is 47.8 Å². The van der Waals surface area contributed by atoms with Crippen molar-refractivity contribution in [1.29, 1.82) is 0 Å². The van der Waals surface area contributed by atoms with Crippen molar-refractivity contribution in [3.8, 4) is 11.5 Å². The molecule has 3 aromatic rings. The molecule has 0 fully saturated rings. The first-order valence-corrected chi connectivity index (χ1v) is 11.8. The van der Waals surface area contributed by atoms with E-state index in [0.717, 1.165) is 27.0 Å². The fourth-order valence-corrected chi connectivity index (χ4v) is 3.84. The quantitative estimate of drug-likeness (QED) is 0.290. The van der Waals surface area contributed by atoms with Crippen molar-refractivity contribution in [2.75, 3.05) is 26.1 Å². The minimum Gasteiger partial charge on any atom is -0.493 e. The van der Waals surface area contributed by atoms with E-state index in [9.17, 15) is 27.1 Å². The molecule has 0 spiro atoms. The summed E-state index contributed by atoms with van der Waals surface area (Å²) in [5.74, 6) is -4.60. The molecule has 0 amide bonds. The molecule has 2 atom stereocenters. The normalized spacial score (nSPS) is 14.3. The molecule has 3 rings (SSSR count). The van der Waals surface area contributed by atoms with E-state index in [1.54, 1.807) is 6.92 Å². The van der Waals surface area contributed by atoms with Crippen molar-refractivity contribution >= 4 is 16.7 Å². The smallest absolute Gasteiger partial charge is 0.417 e. The Morgan fingerprint density at radius 1 is 1.03 bits per heavy atom. The van der Waals surface area contributed by atoms with Crippen LogP contribution in [0.3, 0.4) is 0 Å². The van der Waals surface area contributed by atoms with Crippen LogP contribution in [0, 0.1) is 12.7 Å². The Hall–Kier alpha value is -3.32. The number of alkyl halides is 5. The fourth-order valence-electron chi connectivity index (χ4n) is 3.84. The summed E-state index contributed by atoms with van der Waals surface area (Å²) in [6, 6.07) is 5.36. The molecule has 7 nitrogen and oxygen atoms in total. The van der Waals surface area contributed by atoms with Gasteiger partial charge in [-0.15, -0.1) is 0 Å². The van der Waals surface area contributed by atoms with Crippen molar-refractivity contribution in [1.82, 2.24) is 9.97 Å². The Labute approximate surface area is 221 Å². The van der Waals surface area contributed by atoms with Crippen LogP contribution < -0.4 is 14.8 Å². The van der Waals surface area contributed by atoms with Crippen LogP contribution in [0.25, 0.3) is 10.9 Å². The van der Waals surface area contributed by atoms with Gasteiger partial charge in [-0.3, -0.25) is 0 Å². The molecule has 214 valence electrons. The number of nitrogens with one attached hydrogen (secondary N) is 1. The summed E-state index contributed by atoms with van der Waals surface area (Å²) in [5.41, 5.74) is -3.28. The van der Waals surface area contributed by atoms with Crippen molar-refractivity contribution in [2.45, 2.75) is 57.5 Å². The maximum absolute atomic E-state index is 15.3. The standard InChI is InChI=1S/C26H29F6N3O4/c1-13(15-8-7-9-17(22(15)27)25(28,29)24(3,4)36)33-23-16-10-20(39-12-21(38-6)26(30,31)32)19(37-5)11-18(16)34-14(2)35-23/h7-11,13,21,36H,12H2,1-6H3,(H,33,34,35)/t13-,21?/m1/s1. The van der Waals surface area contributed by atoms with E-state index in [0.29, 0.717) is 16.7 Å². The highest BCUT2D eigenvalue weighted by Crippen LogP contribution is 2.42. The minimum absolute atomic E-state index is 0.0579. The molecule has 0 aliphatic rings. The molecular weight excluding hydrogens is 532 g/mol. The summed E-state index contributed by atoms with van der Waals surface area (Å²) in [7, 11) is 2.21. The lowest BCUT2D eigenvalue weighted by atomic mass is 9.91. The number of methoxy groups -OCH3 is 2. The number of aromatic nitrogens is 2. The molecule has 0 saturated heterocycles. The number of hydrogen-bond donors (Lipinski definition) is 2. The Morgan fingerprint density at radius 2 is 1.69 bits per heavy atom. The number of rotatable bonds is 10. The predicted octanol–water partition coefficient (Wildman–Crippen LogP) is 6.08. The molecule has 0 saturated carbocycles. The van der Waals surface area contributed by atoms with Crippen molar-refractivity contribution < 1.29 is 45.7 Å². The van der Waals surface area contributed by atoms with Crippen molar-refractivity contribution in [3.63, 3.8) is 0 Å². The number of aryl methyl sites for hydroxylation is 1. The first-order valence-electron chi connectivity index (χ1n) is 11.8. The lowest BCUT2D eigenvalue weighted by Crippen LogP contribution is -2.41. The highest BCUT2D eigenvalue weighted by molar-refractivity contribution is 5.92. The first kappa shape index (κ1) is 30.2. The summed E-state index contributed by atoms with van der Waals surface area (Å²) in [6.45, 7) is 4.01. The van der Waals surface area contributed by atoms with Gasteiger partial charge in [0.1, 0.15) is 29.7 Å². The van der Waals surface area contributed by atoms with E-state index in [1.165, 1.54) is 38.3 Å². The van der Waals surface area contributed by atoms with Crippen LogP contribution in [0.4, 0.5) is 32.2 Å². The first-order chi connectivity index (χ1) is 18.0. The molecule has 2 N–H and O–H groups in total. The maximum Gasteiger partial charge on any atom is 0.417 e. The number of anilines is 1. The summed E-state index contributed by atoms with van der Waals surface area (Å²) < 4.78 is 99.3. The third-order valence-electron chi connectivity index (χ3n) is 6.09. The van der Waals surface area contributed by atoms with Gasteiger partial charge in [0.15, 0.2) is 17.6 Å². The third kappa shape index (κ3) is 6.30. The van der Waals surface area contributed by atoms with E-state index in [1.807, 2.05) is 0 Å². The van der Waals surface area contributed by atoms with Crippen LogP contribution in [-0.4, -0.2) is 53.8 Å². The van der Waals surface area contributed by atoms with Crippen LogP contribution in [0.1, 0.15) is 43.8 Å². The molecule has 0 aliphatic heterocycles. The number of ether oxygens (including phenoxy) is 3. The Bertz CT molecular complexity index is 1330. The molecule has 13 heteroatoms. The molecule has 0 aliphatic carbocycles. The van der Waals surface area contributed by atoms with Crippen LogP contribution >= 0.6 is 0 Å². The molecule has 2 aromatic carbocycles. The number of benzene rings is 2. The zero-order chi connectivity index (χ0) is 29.3. The van der Waals surface area contributed by atoms with Gasteiger partial charge in [0.2, 0.25) is 0 Å². The zero-order valence-electron chi connectivity index (χ0n) is 22.1. The summed E-state index contributed by atoms with van der Waals surface area (Å²) in [6.07, 6.45) is -6.86. The van der Waals surface area contributed by atoms with Gasteiger partial charge in [-0.05, 0) is 39.8 Å². The molecule has 0 radical (unpaired) electrons. The van der Waals surface area contributed by atoms with Crippen LogP contribution in [-0.2, 0) is 10.7 Å². The Morgan fingerprint density at radius 3 is 2.26 bits per heavy atom. The van der Waals surface area contributed by atoms with Gasteiger partial charge in [0, 0.05) is 24.1 Å². The topological polar surface area (TPSA) is 85.7 Å². The third-order valence-corrected chi connectivity index (χ3v) is 6.09. The van der Waals surface area contributed by atoms with Gasteiger partial charge < -0.3 is 24.6 Å². The Balaban J connectivity index is 2.02. The van der Waals surface area contributed by atoms with Gasteiger partial charge in [0.05, 0.1) is 24.2 Å². The van der Waals surface area contributed by atoms with Crippen molar-refractivity contribution in [2.24, 2.45) is 0 Å². The van der Waals surface area contributed by atoms with Crippen LogP contribution in [0.2, 0.25) is 0 Å². The highest BCUT2D eigenvalue weighted by atomic mass is 19.4. The number of fused-ring (bicyclic) bond motifs is 1. The zero-order valence-corrected chi connectivity index (χ0v) is 22.1. The van der Waals surface area contributed by atoms with Gasteiger partial charge in [-0.25, -0.2) is 14.4 Å². The summed E-state index contributed by atoms with van der Waals surface area (Å²) >= 11 is 0. The lowest BCUT2D eigenvalue weighted by Gasteiger charge is -2.30. The number of aliphatic hydroxyl groups is 1. The molecule has 1 heterocycles. The largest absolute Gasteiger partial charge is 0.493 e. The van der Waals surface area contributed by atoms with E-state index >= 15 is 4.39 Å². The molecule has 1 unspecified atom stereocenters. The maximum atomic E-state index is 15.3. The fraction of sp³-hybridized carbons (Fsp3) is 0.462. The molecular formula is C26H29F6N3O4. The Kier molecular flexibility index (Phi) is 8.56. The monoisotopic (exact) mass is 561 g/mol. The molecule has 1 aromatic heterocycles. The van der Waals surface area contributed by atoms with Gasteiger partial charge in [-0.1, -0.05) is 12.1 Å². The SMILES string of the molecule is COc1cc2nc(C)nc(N[C@H](C)c3cccc(C(F)(F)C(C)(C)O)c3F)c2cc1OCC(OC)C(F)(F)F. The lowest BCUT2D eigenvalue weighted by molar-refractivity contribution is -0.219. The number of nitrogens with zero attached hydrogens (tertiary/aromatic N) is 2. The van der Waals surface area contributed by atoms with Gasteiger partial charge in [-0.2, -0.15) is 22.0 Å². The second-order valence-electron chi connectivity index (χ2n) is 9.42. The van der Waals surface area contributed by atoms with Crippen LogP contribution in [0.15, 0.2) is 30.3 Å². The predicted molar refractivity (Wildman–Crippen MR) is 132 cm³/mol. The van der Waals surface area contributed by atoms with E-state index in [-0.39, 0.29) is 22.9 Å². The average Bonchev–Trinajstić information content (AvgIpc) is 2.82. The average molecular weight is 562 g/mol. The summed E-state index contributed by atoms with van der Waals surface area (Å²) in [5, 5.41) is 13.2. The van der Waals surface area contributed by atoms with Crippen molar-refractivity contribution in [3.05, 3.63) is 53.1 Å². The molecule has 0 bridgehead atoms. The second kappa shape index (κ2) is 11.0. The summed E-state index contributed by atoms with van der Waals surface area (Å²) in [4.78, 5) is 8.64. The highest BCUT2D eigenvalue weighted by Gasteiger charge is 2.49. The number of hydrogen-bond acceptors (Lipinski definition) is 7. The second-order valence-corrected chi connectivity index (χ2v) is 9.42. The molecule has 39 heavy (non-hydrogen) atoms. The number of halogens is 6. The van der Waals surface area contributed by atoms with E-state index in [2.05, 4.69) is 20.0 Å².